The van der Waals surface area contributed by atoms with Crippen LogP contribution in [0, 0.1) is 0 Å². The molecule has 0 saturated carbocycles. The van der Waals surface area contributed by atoms with Crippen molar-refractivity contribution in [1.82, 2.24) is 5.32 Å². The van der Waals surface area contributed by atoms with Gasteiger partial charge >= 0.3 is 0 Å². The maximum atomic E-state index is 5.75. The molecule has 0 aromatic carbocycles. The summed E-state index contributed by atoms with van der Waals surface area (Å²) in [7, 11) is 0. The van der Waals surface area contributed by atoms with E-state index >= 15 is 0 Å². The predicted molar refractivity (Wildman–Crippen MR) is 50.8 cm³/mol. The van der Waals surface area contributed by atoms with Gasteiger partial charge in [-0.2, -0.15) is 0 Å². The highest BCUT2D eigenvalue weighted by Crippen LogP contribution is 2.11. The third-order valence-corrected chi connectivity index (χ3v) is 2.83. The van der Waals surface area contributed by atoms with Crippen molar-refractivity contribution in [3.8, 4) is 0 Å². The van der Waals surface area contributed by atoms with Gasteiger partial charge in [-0.3, -0.25) is 0 Å². The molecule has 2 rings (SSSR count). The van der Waals surface area contributed by atoms with E-state index in [-0.39, 0.29) is 0 Å². The van der Waals surface area contributed by atoms with E-state index in [1.54, 1.807) is 0 Å². The van der Waals surface area contributed by atoms with Crippen molar-refractivity contribution in [2.24, 2.45) is 0 Å². The zero-order valence-electron chi connectivity index (χ0n) is 8.13. The highest BCUT2D eigenvalue weighted by molar-refractivity contribution is 4.73. The number of hydrogen-bond donors (Lipinski definition) is 1. The molecule has 0 radical (unpaired) electrons. The molecule has 2 aliphatic heterocycles. The zero-order chi connectivity index (χ0) is 8.93. The minimum Gasteiger partial charge on any atom is -0.379 e. The summed E-state index contributed by atoms with van der Waals surface area (Å²) in [5.74, 6) is 0. The van der Waals surface area contributed by atoms with Crippen LogP contribution >= 0.6 is 0 Å². The Labute approximate surface area is 79.8 Å². The lowest BCUT2D eigenvalue weighted by Crippen LogP contribution is -2.38. The molecular weight excluding hydrogens is 166 g/mol. The van der Waals surface area contributed by atoms with Gasteiger partial charge in [-0.15, -0.1) is 0 Å². The van der Waals surface area contributed by atoms with Crippen molar-refractivity contribution >= 4 is 0 Å². The summed E-state index contributed by atoms with van der Waals surface area (Å²) in [6.07, 6.45) is 5.38. The smallest absolute Gasteiger partial charge is 0.0831 e. The van der Waals surface area contributed by atoms with Crippen LogP contribution in [-0.4, -0.2) is 38.5 Å². The van der Waals surface area contributed by atoms with Crippen molar-refractivity contribution in [3.63, 3.8) is 0 Å². The van der Waals surface area contributed by atoms with Crippen LogP contribution in [0.4, 0.5) is 0 Å². The van der Waals surface area contributed by atoms with E-state index in [0.29, 0.717) is 12.1 Å². The van der Waals surface area contributed by atoms with E-state index in [1.807, 2.05) is 0 Å². The first-order chi connectivity index (χ1) is 6.45. The fourth-order valence-corrected chi connectivity index (χ4v) is 1.96. The molecule has 3 heteroatoms. The highest BCUT2D eigenvalue weighted by Gasteiger charge is 2.19. The first-order valence-electron chi connectivity index (χ1n) is 5.38. The third-order valence-electron chi connectivity index (χ3n) is 2.83. The summed E-state index contributed by atoms with van der Waals surface area (Å²) < 4.78 is 11.0. The summed E-state index contributed by atoms with van der Waals surface area (Å²) in [4.78, 5) is 0. The van der Waals surface area contributed by atoms with Gasteiger partial charge in [0.1, 0.15) is 0 Å². The average molecular weight is 185 g/mol. The first kappa shape index (κ1) is 9.44. The Hall–Kier alpha value is -0.120. The molecule has 13 heavy (non-hydrogen) atoms. The summed E-state index contributed by atoms with van der Waals surface area (Å²) in [6, 6.07) is 0.592. The lowest BCUT2D eigenvalue weighted by Gasteiger charge is -2.24. The van der Waals surface area contributed by atoms with Gasteiger partial charge in [0.25, 0.3) is 0 Å². The molecule has 2 aliphatic rings. The van der Waals surface area contributed by atoms with E-state index < -0.39 is 0 Å². The van der Waals surface area contributed by atoms with Gasteiger partial charge in [0.15, 0.2) is 0 Å². The molecule has 0 aliphatic carbocycles. The second-order valence-electron chi connectivity index (χ2n) is 3.97. The molecule has 1 N–H and O–H groups in total. The maximum Gasteiger partial charge on any atom is 0.0831 e. The van der Waals surface area contributed by atoms with E-state index in [0.717, 1.165) is 32.8 Å². The van der Waals surface area contributed by atoms with Crippen LogP contribution in [0.25, 0.3) is 0 Å². The van der Waals surface area contributed by atoms with Crippen LogP contribution in [0.1, 0.15) is 25.7 Å². The fourth-order valence-electron chi connectivity index (χ4n) is 1.96. The van der Waals surface area contributed by atoms with Crippen molar-refractivity contribution in [2.75, 3.05) is 26.4 Å². The third kappa shape index (κ3) is 2.93. The molecule has 2 heterocycles. The molecular formula is C10H19NO2. The van der Waals surface area contributed by atoms with Crippen molar-refractivity contribution in [2.45, 2.75) is 37.8 Å². The monoisotopic (exact) mass is 185 g/mol. The minimum atomic E-state index is 0.365. The Bertz CT molecular complexity index is 140. The summed E-state index contributed by atoms with van der Waals surface area (Å²) in [6.45, 7) is 3.71. The number of rotatable bonds is 3. The van der Waals surface area contributed by atoms with Gasteiger partial charge in [0.2, 0.25) is 0 Å². The topological polar surface area (TPSA) is 30.5 Å². The normalized spacial score (nSPS) is 35.1. The van der Waals surface area contributed by atoms with E-state index in [4.69, 9.17) is 9.47 Å². The molecule has 0 aromatic heterocycles. The maximum absolute atomic E-state index is 5.75. The fraction of sp³-hybridized carbons (Fsp3) is 1.00. The Morgan fingerprint density at radius 1 is 1.31 bits per heavy atom. The molecule has 0 bridgehead atoms. The molecule has 2 atom stereocenters. The molecule has 3 nitrogen and oxygen atoms in total. The Morgan fingerprint density at radius 3 is 3.00 bits per heavy atom. The lowest BCUT2D eigenvalue weighted by atomic mass is 10.1. The van der Waals surface area contributed by atoms with Gasteiger partial charge in [-0.05, 0) is 25.8 Å². The number of piperidine rings is 1. The Morgan fingerprint density at radius 2 is 2.31 bits per heavy atom. The molecule has 0 amide bonds. The molecule has 0 aromatic rings. The predicted octanol–water partition coefficient (Wildman–Crippen LogP) is 0.934. The summed E-state index contributed by atoms with van der Waals surface area (Å²) in [5.41, 5.74) is 0. The molecule has 2 unspecified atom stereocenters. The van der Waals surface area contributed by atoms with E-state index in [9.17, 15) is 0 Å². The second-order valence-corrected chi connectivity index (χ2v) is 3.97. The Balaban J connectivity index is 1.60. The van der Waals surface area contributed by atoms with Gasteiger partial charge < -0.3 is 14.8 Å². The molecule has 76 valence electrons. The van der Waals surface area contributed by atoms with Gasteiger partial charge in [-0.25, -0.2) is 0 Å². The Kier molecular flexibility index (Phi) is 3.58. The van der Waals surface area contributed by atoms with Crippen LogP contribution in [0.15, 0.2) is 0 Å². The molecule has 0 spiro atoms. The van der Waals surface area contributed by atoms with Crippen LogP contribution in [0.2, 0.25) is 0 Å². The largest absolute Gasteiger partial charge is 0.379 e. The zero-order valence-corrected chi connectivity index (χ0v) is 8.13. The molecule has 2 fully saturated rings. The number of hydrogen-bond acceptors (Lipinski definition) is 3. The minimum absolute atomic E-state index is 0.365. The van der Waals surface area contributed by atoms with Gasteiger partial charge in [0.05, 0.1) is 19.3 Å². The van der Waals surface area contributed by atoms with Crippen molar-refractivity contribution < 1.29 is 9.47 Å². The average Bonchev–Trinajstić information content (AvgIpc) is 2.69. The van der Waals surface area contributed by atoms with E-state index in [1.165, 1.54) is 19.3 Å². The van der Waals surface area contributed by atoms with Crippen LogP contribution in [0.3, 0.4) is 0 Å². The number of ether oxygens (including phenoxy) is 2. The van der Waals surface area contributed by atoms with Crippen molar-refractivity contribution in [3.05, 3.63) is 0 Å². The van der Waals surface area contributed by atoms with Gasteiger partial charge in [0, 0.05) is 12.6 Å². The van der Waals surface area contributed by atoms with Crippen LogP contribution < -0.4 is 5.32 Å². The highest BCUT2D eigenvalue weighted by atomic mass is 16.5. The quantitative estimate of drug-likeness (QED) is 0.709. The first-order valence-corrected chi connectivity index (χ1v) is 5.38. The second kappa shape index (κ2) is 4.94. The SMILES string of the molecule is C1CCC(COC2CCOC2)NC1. The lowest BCUT2D eigenvalue weighted by molar-refractivity contribution is 0.0262. The van der Waals surface area contributed by atoms with Crippen LogP contribution in [0.5, 0.6) is 0 Å². The summed E-state index contributed by atoms with van der Waals surface area (Å²) in [5, 5.41) is 3.48. The van der Waals surface area contributed by atoms with Crippen LogP contribution in [-0.2, 0) is 9.47 Å². The summed E-state index contributed by atoms with van der Waals surface area (Å²) >= 11 is 0. The van der Waals surface area contributed by atoms with Gasteiger partial charge in [-0.1, -0.05) is 6.42 Å². The van der Waals surface area contributed by atoms with E-state index in [2.05, 4.69) is 5.32 Å². The number of nitrogens with one attached hydrogen (secondary N) is 1. The van der Waals surface area contributed by atoms with Crippen molar-refractivity contribution in [1.29, 1.82) is 0 Å². The molecule has 2 saturated heterocycles. The standard InChI is InChI=1S/C10H19NO2/c1-2-5-11-9(3-1)7-13-10-4-6-12-8-10/h9-11H,1-8H2.